The van der Waals surface area contributed by atoms with Crippen LogP contribution >= 0.6 is 15.9 Å². The number of rotatable bonds is 4. The Morgan fingerprint density at radius 1 is 1.50 bits per heavy atom. The maximum Gasteiger partial charge on any atom is 0.0552 e. The topological polar surface area (TPSA) is 21.3 Å². The summed E-state index contributed by atoms with van der Waals surface area (Å²) in [5, 5.41) is 3.38. The Hall–Kier alpha value is -0.380. The van der Waals surface area contributed by atoms with Gasteiger partial charge < -0.3 is 10.1 Å². The van der Waals surface area contributed by atoms with Crippen LogP contribution in [-0.2, 0) is 10.2 Å². The molecular weight excluding hydrogens is 266 g/mol. The van der Waals surface area contributed by atoms with Gasteiger partial charge in [0.2, 0.25) is 0 Å². The molecule has 3 heteroatoms. The molecule has 1 aromatic carbocycles. The molecule has 0 saturated carbocycles. The van der Waals surface area contributed by atoms with Gasteiger partial charge in [-0.15, -0.1) is 0 Å². The monoisotopic (exact) mass is 283 g/mol. The number of hydrogen-bond donors (Lipinski definition) is 1. The highest BCUT2D eigenvalue weighted by Gasteiger charge is 2.39. The summed E-state index contributed by atoms with van der Waals surface area (Å²) in [5.41, 5.74) is 1.67. The minimum Gasteiger partial charge on any atom is -0.382 e. The van der Waals surface area contributed by atoms with Crippen molar-refractivity contribution in [2.45, 2.75) is 24.9 Å². The summed E-state index contributed by atoms with van der Waals surface area (Å²) in [6.07, 6.45) is 1.38. The molecule has 1 atom stereocenters. The van der Waals surface area contributed by atoms with Crippen molar-refractivity contribution in [3.8, 4) is 0 Å². The molecule has 88 valence electrons. The van der Waals surface area contributed by atoms with Crippen molar-refractivity contribution in [2.75, 3.05) is 20.2 Å². The predicted octanol–water partition coefficient (Wildman–Crippen LogP) is 2.72. The van der Waals surface area contributed by atoms with E-state index in [0.717, 1.165) is 24.0 Å². The van der Waals surface area contributed by atoms with E-state index in [1.54, 1.807) is 7.11 Å². The third-order valence-electron chi connectivity index (χ3n) is 3.44. The van der Waals surface area contributed by atoms with Gasteiger partial charge in [-0.1, -0.05) is 28.1 Å². The first kappa shape index (κ1) is 12.1. The Morgan fingerprint density at radius 2 is 2.25 bits per heavy atom. The van der Waals surface area contributed by atoms with Crippen molar-refractivity contribution >= 4 is 15.9 Å². The molecule has 1 unspecified atom stereocenters. The highest BCUT2D eigenvalue weighted by molar-refractivity contribution is 9.10. The molecule has 16 heavy (non-hydrogen) atoms. The smallest absolute Gasteiger partial charge is 0.0552 e. The molecule has 1 saturated heterocycles. The van der Waals surface area contributed by atoms with Gasteiger partial charge >= 0.3 is 0 Å². The van der Waals surface area contributed by atoms with Crippen LogP contribution in [0.5, 0.6) is 0 Å². The van der Waals surface area contributed by atoms with Gasteiger partial charge in [-0.05, 0) is 31.0 Å². The fraction of sp³-hybridized carbons (Fsp3) is 0.538. The van der Waals surface area contributed by atoms with Gasteiger partial charge in [0.25, 0.3) is 0 Å². The third kappa shape index (κ3) is 2.31. The molecule has 1 aliphatic heterocycles. The molecule has 1 fully saturated rings. The molecule has 1 aliphatic rings. The first-order chi connectivity index (χ1) is 7.66. The summed E-state index contributed by atoms with van der Waals surface area (Å²) in [7, 11) is 1.78. The molecule has 0 radical (unpaired) electrons. The van der Waals surface area contributed by atoms with Crippen LogP contribution in [0.2, 0.25) is 0 Å². The van der Waals surface area contributed by atoms with Gasteiger partial charge in [-0.2, -0.15) is 0 Å². The maximum atomic E-state index is 5.39. The van der Waals surface area contributed by atoms with E-state index in [2.05, 4.69) is 52.4 Å². The molecule has 1 N–H and O–H groups in total. The normalized spacial score (nSPS) is 20.2. The molecular formula is C13H18BrNO. The lowest BCUT2D eigenvalue weighted by Gasteiger charge is -2.44. The molecule has 1 heterocycles. The summed E-state index contributed by atoms with van der Waals surface area (Å²) in [4.78, 5) is 0. The first-order valence-electron chi connectivity index (χ1n) is 5.66. The van der Waals surface area contributed by atoms with E-state index in [1.165, 1.54) is 5.56 Å². The van der Waals surface area contributed by atoms with Crippen LogP contribution in [0.4, 0.5) is 0 Å². The molecule has 0 aromatic heterocycles. The SMILES string of the molecule is COC(C)CC1(c2cccc(Br)c2)CNC1. The van der Waals surface area contributed by atoms with Crippen molar-refractivity contribution in [1.29, 1.82) is 0 Å². The second-order valence-corrected chi connectivity index (χ2v) is 5.56. The number of halogens is 1. The average molecular weight is 284 g/mol. The third-order valence-corrected chi connectivity index (χ3v) is 3.94. The molecule has 2 nitrogen and oxygen atoms in total. The van der Waals surface area contributed by atoms with Crippen molar-refractivity contribution in [2.24, 2.45) is 0 Å². The minimum absolute atomic E-state index is 0.263. The van der Waals surface area contributed by atoms with Crippen LogP contribution in [0, 0.1) is 0 Å². The van der Waals surface area contributed by atoms with E-state index in [4.69, 9.17) is 4.74 Å². The summed E-state index contributed by atoms with van der Waals surface area (Å²) < 4.78 is 6.55. The Labute approximate surface area is 106 Å². The summed E-state index contributed by atoms with van der Waals surface area (Å²) in [6.45, 7) is 4.24. The average Bonchev–Trinajstić information content (AvgIpc) is 2.23. The summed E-state index contributed by atoms with van der Waals surface area (Å²) in [6, 6.07) is 8.62. The van der Waals surface area contributed by atoms with Crippen molar-refractivity contribution < 1.29 is 4.74 Å². The number of nitrogens with one attached hydrogen (secondary N) is 1. The zero-order valence-corrected chi connectivity index (χ0v) is 11.4. The summed E-state index contributed by atoms with van der Waals surface area (Å²) >= 11 is 3.54. The van der Waals surface area contributed by atoms with Crippen molar-refractivity contribution in [3.63, 3.8) is 0 Å². The van der Waals surface area contributed by atoms with Crippen molar-refractivity contribution in [1.82, 2.24) is 5.32 Å². The Balaban J connectivity index is 2.21. The van der Waals surface area contributed by atoms with Gasteiger partial charge in [0.05, 0.1) is 6.10 Å². The van der Waals surface area contributed by atoms with Crippen LogP contribution < -0.4 is 5.32 Å². The lowest BCUT2D eigenvalue weighted by atomic mass is 9.71. The minimum atomic E-state index is 0.263. The lowest BCUT2D eigenvalue weighted by Crippen LogP contribution is -2.58. The van der Waals surface area contributed by atoms with E-state index in [9.17, 15) is 0 Å². The molecule has 0 amide bonds. The van der Waals surface area contributed by atoms with Gasteiger partial charge in [0, 0.05) is 30.1 Å². The van der Waals surface area contributed by atoms with Gasteiger partial charge in [0.15, 0.2) is 0 Å². The van der Waals surface area contributed by atoms with Crippen LogP contribution in [0.1, 0.15) is 18.9 Å². The van der Waals surface area contributed by atoms with Crippen molar-refractivity contribution in [3.05, 3.63) is 34.3 Å². The zero-order valence-electron chi connectivity index (χ0n) is 9.79. The first-order valence-corrected chi connectivity index (χ1v) is 6.45. The Morgan fingerprint density at radius 3 is 2.75 bits per heavy atom. The van der Waals surface area contributed by atoms with Crippen LogP contribution in [0.3, 0.4) is 0 Å². The van der Waals surface area contributed by atoms with Crippen LogP contribution in [0.25, 0.3) is 0 Å². The van der Waals surface area contributed by atoms with Crippen LogP contribution in [-0.4, -0.2) is 26.3 Å². The number of benzene rings is 1. The number of hydrogen-bond acceptors (Lipinski definition) is 2. The van der Waals surface area contributed by atoms with Gasteiger partial charge in [0.1, 0.15) is 0 Å². The maximum absolute atomic E-state index is 5.39. The molecule has 0 aliphatic carbocycles. The van der Waals surface area contributed by atoms with E-state index in [1.807, 2.05) is 0 Å². The summed E-state index contributed by atoms with van der Waals surface area (Å²) in [5.74, 6) is 0. The van der Waals surface area contributed by atoms with Crippen LogP contribution in [0.15, 0.2) is 28.7 Å². The Bertz CT molecular complexity index is 363. The lowest BCUT2D eigenvalue weighted by molar-refractivity contribution is 0.0717. The van der Waals surface area contributed by atoms with E-state index < -0.39 is 0 Å². The molecule has 0 spiro atoms. The number of methoxy groups -OCH3 is 1. The second-order valence-electron chi connectivity index (χ2n) is 4.64. The zero-order chi connectivity index (χ0) is 11.6. The second kappa shape index (κ2) is 4.86. The van der Waals surface area contributed by atoms with Gasteiger partial charge in [-0.3, -0.25) is 0 Å². The fourth-order valence-electron chi connectivity index (χ4n) is 2.35. The number of ether oxygens (including phenoxy) is 1. The predicted molar refractivity (Wildman–Crippen MR) is 69.8 cm³/mol. The van der Waals surface area contributed by atoms with E-state index >= 15 is 0 Å². The largest absolute Gasteiger partial charge is 0.382 e. The van der Waals surface area contributed by atoms with E-state index in [-0.39, 0.29) is 5.41 Å². The Kier molecular flexibility index (Phi) is 3.67. The standard InChI is InChI=1S/C13H18BrNO/c1-10(16-2)7-13(8-15-9-13)11-4-3-5-12(14)6-11/h3-6,10,15H,7-9H2,1-2H3. The fourth-order valence-corrected chi connectivity index (χ4v) is 2.74. The molecule has 2 rings (SSSR count). The molecule has 0 bridgehead atoms. The molecule has 1 aromatic rings. The highest BCUT2D eigenvalue weighted by Crippen LogP contribution is 2.35. The van der Waals surface area contributed by atoms with E-state index in [0.29, 0.717) is 6.10 Å². The van der Waals surface area contributed by atoms with Gasteiger partial charge in [-0.25, -0.2) is 0 Å². The quantitative estimate of drug-likeness (QED) is 0.918. The highest BCUT2D eigenvalue weighted by atomic mass is 79.9.